The van der Waals surface area contributed by atoms with Crippen LogP contribution in [-0.4, -0.2) is 30.1 Å². The van der Waals surface area contributed by atoms with Gasteiger partial charge in [-0.05, 0) is 53.6 Å². The summed E-state index contributed by atoms with van der Waals surface area (Å²) in [5, 5.41) is 9.86. The van der Waals surface area contributed by atoms with Gasteiger partial charge < -0.3 is 4.98 Å². The highest BCUT2D eigenvalue weighted by Gasteiger charge is 2.14. The van der Waals surface area contributed by atoms with Crippen molar-refractivity contribution in [1.82, 2.24) is 30.1 Å². The molecule has 6 rings (SSSR count). The van der Waals surface area contributed by atoms with Crippen molar-refractivity contribution in [2.75, 3.05) is 0 Å². The summed E-state index contributed by atoms with van der Waals surface area (Å²) in [7, 11) is 0. The van der Waals surface area contributed by atoms with Crippen molar-refractivity contribution in [2.24, 2.45) is 0 Å². The van der Waals surface area contributed by atoms with Gasteiger partial charge in [0.15, 0.2) is 0 Å². The predicted molar refractivity (Wildman–Crippen MR) is 118 cm³/mol. The Labute approximate surface area is 171 Å². The van der Waals surface area contributed by atoms with E-state index in [0.717, 1.165) is 55.6 Å². The fraction of sp³-hybridized carbons (Fsp3) is 0. The average Bonchev–Trinajstić information content (AvgIpc) is 3.43. The first kappa shape index (κ1) is 16.6. The molecule has 0 aliphatic heterocycles. The van der Waals surface area contributed by atoms with Crippen molar-refractivity contribution in [2.45, 2.75) is 0 Å². The van der Waals surface area contributed by atoms with Crippen molar-refractivity contribution < 1.29 is 0 Å². The number of pyridine rings is 3. The Hall–Kier alpha value is -4.32. The number of hydrogen-bond donors (Lipinski definition) is 2. The Morgan fingerprint density at radius 2 is 1.47 bits per heavy atom. The lowest BCUT2D eigenvalue weighted by atomic mass is 10.0. The number of fused-ring (bicyclic) bond motifs is 2. The molecule has 0 aliphatic rings. The van der Waals surface area contributed by atoms with Crippen LogP contribution in [0.2, 0.25) is 0 Å². The van der Waals surface area contributed by atoms with Gasteiger partial charge >= 0.3 is 0 Å². The van der Waals surface area contributed by atoms with E-state index in [1.807, 2.05) is 42.9 Å². The van der Waals surface area contributed by atoms with E-state index in [1.54, 1.807) is 12.4 Å². The van der Waals surface area contributed by atoms with Crippen LogP contribution in [0.3, 0.4) is 0 Å². The second-order valence-corrected chi connectivity index (χ2v) is 7.11. The Bertz CT molecular complexity index is 1480. The van der Waals surface area contributed by atoms with Gasteiger partial charge in [-0.1, -0.05) is 12.1 Å². The fourth-order valence-electron chi connectivity index (χ4n) is 3.87. The van der Waals surface area contributed by atoms with Crippen LogP contribution in [0.1, 0.15) is 0 Å². The molecule has 0 spiro atoms. The number of hydrogen-bond acceptors (Lipinski definition) is 4. The molecule has 6 heteroatoms. The molecule has 0 bridgehead atoms. The van der Waals surface area contributed by atoms with Crippen LogP contribution >= 0.6 is 0 Å². The Balaban J connectivity index is 1.52. The third kappa shape index (κ3) is 2.66. The molecule has 5 aromatic heterocycles. The first-order chi connectivity index (χ1) is 14.9. The zero-order chi connectivity index (χ0) is 19.9. The van der Waals surface area contributed by atoms with E-state index in [4.69, 9.17) is 0 Å². The van der Waals surface area contributed by atoms with Gasteiger partial charge in [0, 0.05) is 46.6 Å². The van der Waals surface area contributed by atoms with E-state index < -0.39 is 0 Å². The molecule has 0 unspecified atom stereocenters. The molecule has 1 aromatic carbocycles. The molecule has 0 saturated heterocycles. The minimum Gasteiger partial charge on any atom is -0.353 e. The Morgan fingerprint density at radius 1 is 0.700 bits per heavy atom. The lowest BCUT2D eigenvalue weighted by molar-refractivity contribution is 1.11. The molecule has 30 heavy (non-hydrogen) atoms. The van der Waals surface area contributed by atoms with Crippen LogP contribution in [0.5, 0.6) is 0 Å². The van der Waals surface area contributed by atoms with Crippen molar-refractivity contribution in [3.05, 3.63) is 85.6 Å². The van der Waals surface area contributed by atoms with Crippen molar-refractivity contribution >= 4 is 21.8 Å². The molecule has 142 valence electrons. The zero-order valence-electron chi connectivity index (χ0n) is 15.9. The molecule has 0 amide bonds. The molecule has 0 atom stereocenters. The molecule has 0 saturated carbocycles. The van der Waals surface area contributed by atoms with E-state index in [-0.39, 0.29) is 0 Å². The summed E-state index contributed by atoms with van der Waals surface area (Å²) in [6.45, 7) is 0. The summed E-state index contributed by atoms with van der Waals surface area (Å²) in [6, 6.07) is 18.5. The van der Waals surface area contributed by atoms with Crippen LogP contribution in [-0.2, 0) is 0 Å². The van der Waals surface area contributed by atoms with Gasteiger partial charge in [0.1, 0.15) is 5.69 Å². The highest BCUT2D eigenvalue weighted by atomic mass is 15.1. The second kappa shape index (κ2) is 6.63. The van der Waals surface area contributed by atoms with Gasteiger partial charge in [0.05, 0.1) is 23.1 Å². The molecule has 6 nitrogen and oxygen atoms in total. The minimum absolute atomic E-state index is 0.875. The summed E-state index contributed by atoms with van der Waals surface area (Å²) >= 11 is 0. The highest BCUT2D eigenvalue weighted by Crippen LogP contribution is 2.34. The molecule has 5 heterocycles. The first-order valence-corrected chi connectivity index (χ1v) is 9.64. The summed E-state index contributed by atoms with van der Waals surface area (Å²) in [5.41, 5.74) is 8.02. The van der Waals surface area contributed by atoms with Crippen LogP contribution < -0.4 is 0 Å². The number of nitrogens with zero attached hydrogens (tertiary/aromatic N) is 4. The van der Waals surface area contributed by atoms with Crippen LogP contribution in [0.25, 0.3) is 55.6 Å². The van der Waals surface area contributed by atoms with Crippen LogP contribution in [0.15, 0.2) is 85.6 Å². The topological polar surface area (TPSA) is 83.1 Å². The average molecular weight is 388 g/mol. The summed E-state index contributed by atoms with van der Waals surface area (Å²) in [6.07, 6.45) is 9.01. The molecule has 0 radical (unpaired) electrons. The smallest absolute Gasteiger partial charge is 0.116 e. The van der Waals surface area contributed by atoms with E-state index >= 15 is 0 Å². The maximum Gasteiger partial charge on any atom is 0.116 e. The SMILES string of the molecule is c1cc(-c2ccncc2)c2cc(-c3n[nH]c4cnc(-c5ccncc5)cc34)[nH]c2c1. The number of aromatic nitrogens is 6. The molecule has 2 N–H and O–H groups in total. The van der Waals surface area contributed by atoms with Gasteiger partial charge in [0.25, 0.3) is 0 Å². The predicted octanol–water partition coefficient (Wildman–Crippen LogP) is 5.23. The number of aromatic amines is 2. The zero-order valence-corrected chi connectivity index (χ0v) is 15.9. The number of nitrogens with one attached hydrogen (secondary N) is 2. The van der Waals surface area contributed by atoms with Gasteiger partial charge in [-0.2, -0.15) is 5.10 Å². The Kier molecular flexibility index (Phi) is 3.67. The van der Waals surface area contributed by atoms with Crippen LogP contribution in [0, 0.1) is 0 Å². The largest absolute Gasteiger partial charge is 0.353 e. The number of H-pyrrole nitrogens is 2. The number of rotatable bonds is 3. The third-order valence-corrected chi connectivity index (χ3v) is 5.33. The van der Waals surface area contributed by atoms with Crippen molar-refractivity contribution in [3.8, 4) is 33.8 Å². The van der Waals surface area contributed by atoms with Gasteiger partial charge in [-0.25, -0.2) is 0 Å². The normalized spacial score (nSPS) is 11.3. The number of benzene rings is 1. The van der Waals surface area contributed by atoms with Crippen molar-refractivity contribution in [1.29, 1.82) is 0 Å². The maximum atomic E-state index is 4.58. The highest BCUT2D eigenvalue weighted by molar-refractivity contribution is 6.01. The molecule has 6 aromatic rings. The van der Waals surface area contributed by atoms with E-state index in [2.05, 4.69) is 60.5 Å². The standard InChI is InChI=1S/C24H16N6/c1-2-17(15-4-8-25-9-5-15)18-12-22(28-20(18)3-1)24-19-13-21(16-6-10-26-11-7-16)27-14-23(19)29-30-24/h1-14,28H,(H,29,30). The van der Waals surface area contributed by atoms with Crippen molar-refractivity contribution in [3.63, 3.8) is 0 Å². The Morgan fingerprint density at radius 3 is 2.27 bits per heavy atom. The van der Waals surface area contributed by atoms with E-state index in [1.165, 1.54) is 0 Å². The first-order valence-electron chi connectivity index (χ1n) is 9.64. The minimum atomic E-state index is 0.875. The molecule has 0 aliphatic carbocycles. The lowest BCUT2D eigenvalue weighted by Crippen LogP contribution is -1.84. The molecular formula is C24H16N6. The molecular weight excluding hydrogens is 372 g/mol. The fourth-order valence-corrected chi connectivity index (χ4v) is 3.87. The quantitative estimate of drug-likeness (QED) is 0.435. The lowest BCUT2D eigenvalue weighted by Gasteiger charge is -2.02. The van der Waals surface area contributed by atoms with Gasteiger partial charge in [0.2, 0.25) is 0 Å². The summed E-state index contributed by atoms with van der Waals surface area (Å²) in [4.78, 5) is 16.3. The van der Waals surface area contributed by atoms with Crippen LogP contribution in [0.4, 0.5) is 0 Å². The monoisotopic (exact) mass is 388 g/mol. The van der Waals surface area contributed by atoms with E-state index in [9.17, 15) is 0 Å². The van der Waals surface area contributed by atoms with Gasteiger partial charge in [-0.15, -0.1) is 0 Å². The second-order valence-electron chi connectivity index (χ2n) is 7.11. The summed E-state index contributed by atoms with van der Waals surface area (Å²) < 4.78 is 0. The van der Waals surface area contributed by atoms with E-state index in [0.29, 0.717) is 0 Å². The summed E-state index contributed by atoms with van der Waals surface area (Å²) in [5.74, 6) is 0. The third-order valence-electron chi connectivity index (χ3n) is 5.33. The molecule has 0 fully saturated rings. The maximum absolute atomic E-state index is 4.58. The van der Waals surface area contributed by atoms with Gasteiger partial charge in [-0.3, -0.25) is 20.1 Å².